The van der Waals surface area contributed by atoms with Crippen LogP contribution in [-0.2, 0) is 0 Å². The van der Waals surface area contributed by atoms with Crippen LogP contribution in [0.5, 0.6) is 0 Å². The molecule has 2 aliphatic carbocycles. The second kappa shape index (κ2) is 4.69. The fourth-order valence-electron chi connectivity index (χ4n) is 4.20. The Bertz CT molecular complexity index is 335. The highest BCUT2D eigenvalue weighted by Gasteiger charge is 2.54. The van der Waals surface area contributed by atoms with Crippen molar-refractivity contribution in [2.75, 3.05) is 6.61 Å². The molecule has 4 heteroatoms. The number of rotatable bonds is 2. The van der Waals surface area contributed by atoms with Crippen molar-refractivity contribution in [1.29, 1.82) is 0 Å². The molecular weight excluding hydrogens is 244 g/mol. The van der Waals surface area contributed by atoms with E-state index in [9.17, 15) is 20.4 Å². The SMILES string of the molecule is CC(O)(CO)[C@H]1CC[C@@](C)(O)[C@H]2CC[C@](C)(O)[C@H]2C1. The third-order valence-electron chi connectivity index (χ3n) is 5.78. The Hall–Kier alpha value is -0.160. The van der Waals surface area contributed by atoms with Gasteiger partial charge in [0.15, 0.2) is 0 Å². The Kier molecular flexibility index (Phi) is 3.76. The number of fused-ring (bicyclic) bond motifs is 1. The van der Waals surface area contributed by atoms with E-state index in [0.29, 0.717) is 25.7 Å². The maximum atomic E-state index is 10.7. The predicted octanol–water partition coefficient (Wildman–Crippen LogP) is 1.06. The molecule has 112 valence electrons. The molecule has 1 unspecified atom stereocenters. The number of hydrogen-bond donors (Lipinski definition) is 4. The number of aliphatic hydroxyl groups excluding tert-OH is 1. The van der Waals surface area contributed by atoms with E-state index in [2.05, 4.69) is 0 Å². The minimum atomic E-state index is -1.14. The summed E-state index contributed by atoms with van der Waals surface area (Å²) in [5.41, 5.74) is -2.70. The Balaban J connectivity index is 2.28. The zero-order valence-corrected chi connectivity index (χ0v) is 12.3. The molecule has 0 bridgehead atoms. The van der Waals surface area contributed by atoms with Gasteiger partial charge in [-0.3, -0.25) is 0 Å². The van der Waals surface area contributed by atoms with Gasteiger partial charge in [0.2, 0.25) is 0 Å². The molecule has 19 heavy (non-hydrogen) atoms. The fraction of sp³-hybridized carbons (Fsp3) is 1.00. The average Bonchev–Trinajstić information content (AvgIpc) is 2.51. The van der Waals surface area contributed by atoms with Crippen LogP contribution in [0, 0.1) is 17.8 Å². The van der Waals surface area contributed by atoms with Gasteiger partial charge in [-0.05, 0) is 70.6 Å². The van der Waals surface area contributed by atoms with Crippen LogP contribution in [0.25, 0.3) is 0 Å². The molecule has 0 saturated heterocycles. The second-order valence-corrected chi connectivity index (χ2v) is 7.45. The van der Waals surface area contributed by atoms with Gasteiger partial charge in [0, 0.05) is 0 Å². The molecule has 0 aromatic heterocycles. The van der Waals surface area contributed by atoms with E-state index in [-0.39, 0.29) is 24.4 Å². The van der Waals surface area contributed by atoms with Crippen molar-refractivity contribution in [3.63, 3.8) is 0 Å². The normalized spacial score (nSPS) is 50.4. The Labute approximate surface area is 115 Å². The zero-order valence-electron chi connectivity index (χ0n) is 12.3. The molecular formula is C15H28O4. The molecule has 0 heterocycles. The molecule has 2 saturated carbocycles. The van der Waals surface area contributed by atoms with E-state index in [1.54, 1.807) is 6.92 Å². The first-order valence-electron chi connectivity index (χ1n) is 7.38. The molecule has 0 aromatic rings. The lowest BCUT2D eigenvalue weighted by molar-refractivity contribution is -0.0736. The van der Waals surface area contributed by atoms with Crippen molar-refractivity contribution in [2.24, 2.45) is 17.8 Å². The van der Waals surface area contributed by atoms with Crippen molar-refractivity contribution in [2.45, 2.75) is 69.7 Å². The van der Waals surface area contributed by atoms with Crippen LogP contribution in [0.4, 0.5) is 0 Å². The molecule has 0 aromatic carbocycles. The van der Waals surface area contributed by atoms with Crippen LogP contribution >= 0.6 is 0 Å². The van der Waals surface area contributed by atoms with E-state index >= 15 is 0 Å². The topological polar surface area (TPSA) is 80.9 Å². The monoisotopic (exact) mass is 272 g/mol. The van der Waals surface area contributed by atoms with Crippen LogP contribution in [0.1, 0.15) is 52.9 Å². The fourth-order valence-corrected chi connectivity index (χ4v) is 4.20. The molecule has 0 spiro atoms. The van der Waals surface area contributed by atoms with Crippen LogP contribution in [-0.4, -0.2) is 43.8 Å². The third-order valence-corrected chi connectivity index (χ3v) is 5.78. The van der Waals surface area contributed by atoms with E-state index in [1.165, 1.54) is 0 Å². The lowest BCUT2D eigenvalue weighted by atomic mass is 9.74. The van der Waals surface area contributed by atoms with E-state index < -0.39 is 16.8 Å². The summed E-state index contributed by atoms with van der Waals surface area (Å²) in [7, 11) is 0. The third kappa shape index (κ3) is 2.68. The van der Waals surface area contributed by atoms with Crippen molar-refractivity contribution < 1.29 is 20.4 Å². The smallest absolute Gasteiger partial charge is 0.0877 e. The molecule has 2 fully saturated rings. The Morgan fingerprint density at radius 1 is 1.05 bits per heavy atom. The summed E-state index contributed by atoms with van der Waals surface area (Å²) in [6.07, 6.45) is 3.50. The summed E-state index contributed by atoms with van der Waals surface area (Å²) in [4.78, 5) is 0. The van der Waals surface area contributed by atoms with E-state index in [0.717, 1.165) is 6.42 Å². The van der Waals surface area contributed by atoms with Gasteiger partial charge in [-0.1, -0.05) is 0 Å². The van der Waals surface area contributed by atoms with Gasteiger partial charge >= 0.3 is 0 Å². The second-order valence-electron chi connectivity index (χ2n) is 7.45. The molecule has 4 nitrogen and oxygen atoms in total. The van der Waals surface area contributed by atoms with Gasteiger partial charge in [0.25, 0.3) is 0 Å². The van der Waals surface area contributed by atoms with Gasteiger partial charge in [-0.15, -0.1) is 0 Å². The molecule has 6 atom stereocenters. The average molecular weight is 272 g/mol. The van der Waals surface area contributed by atoms with Crippen LogP contribution in [0.3, 0.4) is 0 Å². The standard InChI is InChI=1S/C15H28O4/c1-13(17)6-4-10(15(3,19)9-16)8-12-11(13)5-7-14(12,2)18/h10-12,16-19H,4-9H2,1-3H3/t10-,11-,12-,13+,14-,15?/m0/s1. The highest BCUT2D eigenvalue weighted by molar-refractivity contribution is 5.05. The van der Waals surface area contributed by atoms with Crippen molar-refractivity contribution >= 4 is 0 Å². The maximum Gasteiger partial charge on any atom is 0.0877 e. The molecule has 4 N–H and O–H groups in total. The molecule has 0 aliphatic heterocycles. The highest BCUT2D eigenvalue weighted by Crippen LogP contribution is 2.53. The van der Waals surface area contributed by atoms with Crippen molar-refractivity contribution in [3.05, 3.63) is 0 Å². The summed E-state index contributed by atoms with van der Waals surface area (Å²) in [5.74, 6) is -0.00133. The van der Waals surface area contributed by atoms with Crippen LogP contribution < -0.4 is 0 Å². The lowest BCUT2D eigenvalue weighted by Crippen LogP contribution is -2.43. The van der Waals surface area contributed by atoms with Gasteiger partial charge in [0.1, 0.15) is 0 Å². The zero-order chi connectivity index (χ0) is 14.5. The highest BCUT2D eigenvalue weighted by atomic mass is 16.3. The minimum Gasteiger partial charge on any atom is -0.393 e. The number of aliphatic hydroxyl groups is 4. The molecule has 2 rings (SSSR count). The first-order chi connectivity index (χ1) is 8.60. The summed E-state index contributed by atoms with van der Waals surface area (Å²) in [6.45, 7) is 5.06. The van der Waals surface area contributed by atoms with Crippen LogP contribution in [0.15, 0.2) is 0 Å². The Morgan fingerprint density at radius 2 is 1.58 bits per heavy atom. The summed E-state index contributed by atoms with van der Waals surface area (Å²) in [6, 6.07) is 0. The predicted molar refractivity (Wildman–Crippen MR) is 72.5 cm³/mol. The van der Waals surface area contributed by atoms with Crippen molar-refractivity contribution in [1.82, 2.24) is 0 Å². The maximum absolute atomic E-state index is 10.7. The van der Waals surface area contributed by atoms with Gasteiger partial charge in [0.05, 0.1) is 23.4 Å². The van der Waals surface area contributed by atoms with Gasteiger partial charge in [-0.2, -0.15) is 0 Å². The van der Waals surface area contributed by atoms with E-state index in [1.807, 2.05) is 13.8 Å². The van der Waals surface area contributed by atoms with Crippen molar-refractivity contribution in [3.8, 4) is 0 Å². The van der Waals surface area contributed by atoms with Gasteiger partial charge in [-0.25, -0.2) is 0 Å². The summed E-state index contributed by atoms with van der Waals surface area (Å²) in [5, 5.41) is 40.9. The largest absolute Gasteiger partial charge is 0.393 e. The molecule has 2 aliphatic rings. The summed E-state index contributed by atoms with van der Waals surface area (Å²) >= 11 is 0. The first kappa shape index (κ1) is 15.2. The summed E-state index contributed by atoms with van der Waals surface area (Å²) < 4.78 is 0. The lowest BCUT2D eigenvalue weighted by Gasteiger charge is -2.37. The molecule has 0 radical (unpaired) electrons. The minimum absolute atomic E-state index is 0.00646. The van der Waals surface area contributed by atoms with Crippen LogP contribution in [0.2, 0.25) is 0 Å². The quantitative estimate of drug-likeness (QED) is 0.606. The first-order valence-corrected chi connectivity index (χ1v) is 7.38. The van der Waals surface area contributed by atoms with E-state index in [4.69, 9.17) is 0 Å². The number of hydrogen-bond acceptors (Lipinski definition) is 4. The Morgan fingerprint density at radius 3 is 2.16 bits per heavy atom. The molecule has 0 amide bonds. The van der Waals surface area contributed by atoms with Gasteiger partial charge < -0.3 is 20.4 Å².